The number of nitrogens with zero attached hydrogens (tertiary/aromatic N) is 1. The molecule has 0 unspecified atom stereocenters. The van der Waals surface area contributed by atoms with E-state index in [1.165, 1.54) is 0 Å². The van der Waals surface area contributed by atoms with Gasteiger partial charge in [-0.15, -0.1) is 0 Å². The number of fused-ring (bicyclic) bond motifs is 1. The molecule has 0 fully saturated rings. The number of aromatic nitrogens is 2. The Kier molecular flexibility index (Phi) is 3.04. The Morgan fingerprint density at radius 3 is 3.06 bits per heavy atom. The molecule has 0 saturated heterocycles. The average Bonchev–Trinajstić information content (AvgIpc) is 2.76. The van der Waals surface area contributed by atoms with Gasteiger partial charge in [-0.25, -0.2) is 4.79 Å². The SMILES string of the molecule is CCOC(=O)C(=O)Nc1ccc2[nH]ncc2c1. The summed E-state index contributed by atoms with van der Waals surface area (Å²) in [5, 5.41) is 9.95. The zero-order chi connectivity index (χ0) is 12.3. The number of esters is 1. The van der Waals surface area contributed by atoms with Gasteiger partial charge in [0.15, 0.2) is 0 Å². The summed E-state index contributed by atoms with van der Waals surface area (Å²) in [6, 6.07) is 5.16. The van der Waals surface area contributed by atoms with Crippen molar-refractivity contribution in [2.45, 2.75) is 6.92 Å². The highest BCUT2D eigenvalue weighted by molar-refractivity contribution is 6.37. The Balaban J connectivity index is 2.12. The summed E-state index contributed by atoms with van der Waals surface area (Å²) in [6.45, 7) is 1.82. The van der Waals surface area contributed by atoms with E-state index < -0.39 is 11.9 Å². The first kappa shape index (κ1) is 11.1. The van der Waals surface area contributed by atoms with Crippen LogP contribution >= 0.6 is 0 Å². The van der Waals surface area contributed by atoms with Crippen LogP contribution in [0.5, 0.6) is 0 Å². The smallest absolute Gasteiger partial charge is 0.397 e. The van der Waals surface area contributed by atoms with Crippen LogP contribution in [0.2, 0.25) is 0 Å². The van der Waals surface area contributed by atoms with Gasteiger partial charge in [0.2, 0.25) is 0 Å². The number of carbonyl (C=O) groups is 2. The highest BCUT2D eigenvalue weighted by Crippen LogP contribution is 2.16. The van der Waals surface area contributed by atoms with Crippen molar-refractivity contribution in [2.24, 2.45) is 0 Å². The van der Waals surface area contributed by atoms with Crippen LogP contribution in [0.4, 0.5) is 5.69 Å². The molecule has 0 bridgehead atoms. The largest absolute Gasteiger partial charge is 0.459 e. The fourth-order valence-electron chi connectivity index (χ4n) is 1.40. The molecule has 88 valence electrons. The molecule has 0 aliphatic rings. The third-order valence-electron chi connectivity index (χ3n) is 2.16. The van der Waals surface area contributed by atoms with Crippen LogP contribution in [0.3, 0.4) is 0 Å². The molecule has 6 heteroatoms. The van der Waals surface area contributed by atoms with Crippen molar-refractivity contribution < 1.29 is 14.3 Å². The molecule has 17 heavy (non-hydrogen) atoms. The van der Waals surface area contributed by atoms with Gasteiger partial charge in [0.05, 0.1) is 18.3 Å². The Hall–Kier alpha value is -2.37. The monoisotopic (exact) mass is 233 g/mol. The van der Waals surface area contributed by atoms with Crippen molar-refractivity contribution in [1.29, 1.82) is 0 Å². The predicted octanol–water partition coefficient (Wildman–Crippen LogP) is 1.06. The summed E-state index contributed by atoms with van der Waals surface area (Å²) in [5.41, 5.74) is 1.39. The molecule has 0 radical (unpaired) electrons. The third-order valence-corrected chi connectivity index (χ3v) is 2.16. The number of H-pyrrole nitrogens is 1. The van der Waals surface area contributed by atoms with Gasteiger partial charge in [0.25, 0.3) is 0 Å². The fourth-order valence-corrected chi connectivity index (χ4v) is 1.40. The maximum atomic E-state index is 11.4. The third kappa shape index (κ3) is 2.41. The van der Waals surface area contributed by atoms with Crippen LogP contribution in [0.25, 0.3) is 10.9 Å². The van der Waals surface area contributed by atoms with Gasteiger partial charge >= 0.3 is 11.9 Å². The Morgan fingerprint density at radius 1 is 1.47 bits per heavy atom. The molecule has 1 amide bonds. The molecule has 1 aromatic carbocycles. The Labute approximate surface area is 97.0 Å². The second kappa shape index (κ2) is 4.65. The number of benzene rings is 1. The van der Waals surface area contributed by atoms with Crippen LogP contribution in [-0.2, 0) is 14.3 Å². The summed E-state index contributed by atoms with van der Waals surface area (Å²) in [5.74, 6) is -1.67. The summed E-state index contributed by atoms with van der Waals surface area (Å²) >= 11 is 0. The van der Waals surface area contributed by atoms with Gasteiger partial charge in [-0.2, -0.15) is 5.10 Å². The van der Waals surface area contributed by atoms with Crippen molar-refractivity contribution >= 4 is 28.5 Å². The van der Waals surface area contributed by atoms with Gasteiger partial charge in [0, 0.05) is 11.1 Å². The van der Waals surface area contributed by atoms with Crippen LogP contribution in [0.15, 0.2) is 24.4 Å². The number of aromatic amines is 1. The standard InChI is InChI=1S/C11H11N3O3/c1-2-17-11(16)10(15)13-8-3-4-9-7(5-8)6-12-14-9/h3-6H,2H2,1H3,(H,12,14)(H,13,15). The van der Waals surface area contributed by atoms with Gasteiger partial charge in [0.1, 0.15) is 0 Å². The predicted molar refractivity (Wildman–Crippen MR) is 61.4 cm³/mol. The number of nitrogens with one attached hydrogen (secondary N) is 2. The van der Waals surface area contributed by atoms with Crippen molar-refractivity contribution in [3.63, 3.8) is 0 Å². The van der Waals surface area contributed by atoms with Crippen molar-refractivity contribution in [1.82, 2.24) is 10.2 Å². The number of hydrogen-bond acceptors (Lipinski definition) is 4. The molecule has 0 aliphatic carbocycles. The molecule has 1 aromatic heterocycles. The number of ether oxygens (including phenoxy) is 1. The van der Waals surface area contributed by atoms with Crippen molar-refractivity contribution in [3.8, 4) is 0 Å². The van der Waals surface area contributed by atoms with Crippen LogP contribution in [0.1, 0.15) is 6.92 Å². The lowest BCUT2D eigenvalue weighted by Gasteiger charge is -2.04. The maximum Gasteiger partial charge on any atom is 0.397 e. The molecule has 0 spiro atoms. The lowest BCUT2D eigenvalue weighted by atomic mass is 10.2. The van der Waals surface area contributed by atoms with E-state index >= 15 is 0 Å². The van der Waals surface area contributed by atoms with Crippen molar-refractivity contribution in [2.75, 3.05) is 11.9 Å². The first-order valence-corrected chi connectivity index (χ1v) is 5.12. The Bertz CT molecular complexity index is 562. The second-order valence-corrected chi connectivity index (χ2v) is 3.35. The van der Waals surface area contributed by atoms with E-state index in [-0.39, 0.29) is 6.61 Å². The lowest BCUT2D eigenvalue weighted by molar-refractivity contribution is -0.152. The second-order valence-electron chi connectivity index (χ2n) is 3.35. The zero-order valence-corrected chi connectivity index (χ0v) is 9.19. The minimum atomic E-state index is -0.889. The summed E-state index contributed by atoms with van der Waals surface area (Å²) in [6.07, 6.45) is 1.63. The molecule has 2 rings (SSSR count). The van der Waals surface area contributed by atoms with Gasteiger partial charge in [-0.1, -0.05) is 0 Å². The normalized spacial score (nSPS) is 10.2. The lowest BCUT2D eigenvalue weighted by Crippen LogP contribution is -2.24. The van der Waals surface area contributed by atoms with Crippen LogP contribution in [0, 0.1) is 0 Å². The number of anilines is 1. The highest BCUT2D eigenvalue weighted by Gasteiger charge is 2.14. The highest BCUT2D eigenvalue weighted by atomic mass is 16.5. The molecule has 2 aromatic rings. The van der Waals surface area contributed by atoms with E-state index in [9.17, 15) is 9.59 Å². The number of hydrogen-bond donors (Lipinski definition) is 2. The summed E-state index contributed by atoms with van der Waals surface area (Å²) in [4.78, 5) is 22.5. The summed E-state index contributed by atoms with van der Waals surface area (Å²) in [7, 11) is 0. The fraction of sp³-hybridized carbons (Fsp3) is 0.182. The topological polar surface area (TPSA) is 84.1 Å². The quantitative estimate of drug-likeness (QED) is 0.600. The molecular weight excluding hydrogens is 222 g/mol. The van der Waals surface area contributed by atoms with Gasteiger partial charge in [-0.05, 0) is 25.1 Å². The number of carbonyl (C=O) groups excluding carboxylic acids is 2. The van der Waals surface area contributed by atoms with Gasteiger partial charge < -0.3 is 10.1 Å². The minimum Gasteiger partial charge on any atom is -0.459 e. The van der Waals surface area contributed by atoms with E-state index in [0.717, 1.165) is 10.9 Å². The van der Waals surface area contributed by atoms with E-state index in [4.69, 9.17) is 0 Å². The number of rotatable bonds is 2. The number of amides is 1. The summed E-state index contributed by atoms with van der Waals surface area (Å²) < 4.78 is 4.58. The zero-order valence-electron chi connectivity index (χ0n) is 9.19. The molecule has 0 saturated carbocycles. The Morgan fingerprint density at radius 2 is 2.29 bits per heavy atom. The maximum absolute atomic E-state index is 11.4. The molecular formula is C11H11N3O3. The van der Waals surface area contributed by atoms with E-state index in [2.05, 4.69) is 20.3 Å². The molecule has 1 heterocycles. The average molecular weight is 233 g/mol. The van der Waals surface area contributed by atoms with Crippen molar-refractivity contribution in [3.05, 3.63) is 24.4 Å². The van der Waals surface area contributed by atoms with E-state index in [0.29, 0.717) is 5.69 Å². The first-order chi connectivity index (χ1) is 8.20. The molecule has 0 aliphatic heterocycles. The minimum absolute atomic E-state index is 0.174. The molecule has 6 nitrogen and oxygen atoms in total. The van der Waals surface area contributed by atoms with Crippen LogP contribution in [-0.4, -0.2) is 28.7 Å². The van der Waals surface area contributed by atoms with Crippen LogP contribution < -0.4 is 5.32 Å². The van der Waals surface area contributed by atoms with E-state index in [1.807, 2.05) is 0 Å². The van der Waals surface area contributed by atoms with Gasteiger partial charge in [-0.3, -0.25) is 9.89 Å². The van der Waals surface area contributed by atoms with E-state index in [1.54, 1.807) is 31.3 Å². The first-order valence-electron chi connectivity index (χ1n) is 5.12. The molecule has 0 atom stereocenters. The molecule has 2 N–H and O–H groups in total.